The Hall–Kier alpha value is -2.14. The van der Waals surface area contributed by atoms with Gasteiger partial charge in [0.1, 0.15) is 5.69 Å². The second-order valence-electron chi connectivity index (χ2n) is 4.06. The highest BCUT2D eigenvalue weighted by molar-refractivity contribution is 6.30. The normalized spacial score (nSPS) is 10.4. The Bertz CT molecular complexity index is 695. The van der Waals surface area contributed by atoms with Crippen LogP contribution in [0.1, 0.15) is 11.4 Å². The number of aromatic nitrogens is 2. The first-order valence-corrected chi connectivity index (χ1v) is 5.93. The summed E-state index contributed by atoms with van der Waals surface area (Å²) in [6.07, 6.45) is -0.403. The summed E-state index contributed by atoms with van der Waals surface area (Å²) in [5.41, 5.74) is 0.911. The Balaban J connectivity index is 2.57. The molecule has 6 heteroatoms. The maximum absolute atomic E-state index is 11.7. The molecule has 0 unspecified atom stereocenters. The third kappa shape index (κ3) is 3.00. The van der Waals surface area contributed by atoms with E-state index in [9.17, 15) is 9.59 Å². The molecule has 0 spiro atoms. The standard InChI is InChI=1S/C13H11ClN2O3/c1-8-5-12(17)11(7-13(18)19)15-16(8)10-4-2-3-9(14)6-10/h2-6H,7H2,1H3,(H,18,19). The molecule has 0 saturated carbocycles. The molecule has 0 aliphatic heterocycles. The second kappa shape index (κ2) is 5.24. The Labute approximate surface area is 114 Å². The van der Waals surface area contributed by atoms with Crippen LogP contribution in [0.4, 0.5) is 0 Å². The van der Waals surface area contributed by atoms with Crippen molar-refractivity contribution in [2.24, 2.45) is 0 Å². The van der Waals surface area contributed by atoms with Gasteiger partial charge in [-0.25, -0.2) is 4.68 Å². The van der Waals surface area contributed by atoms with E-state index in [0.717, 1.165) is 0 Å². The van der Waals surface area contributed by atoms with Crippen LogP contribution in [0, 0.1) is 6.92 Å². The molecule has 0 amide bonds. The predicted molar refractivity (Wildman–Crippen MR) is 70.9 cm³/mol. The van der Waals surface area contributed by atoms with Gasteiger partial charge in [0, 0.05) is 16.8 Å². The van der Waals surface area contributed by atoms with Crippen molar-refractivity contribution in [3.05, 3.63) is 57.0 Å². The van der Waals surface area contributed by atoms with Gasteiger partial charge in [-0.1, -0.05) is 17.7 Å². The molecule has 98 valence electrons. The molecule has 1 aromatic heterocycles. The first-order chi connectivity index (χ1) is 8.97. The predicted octanol–water partition coefficient (Wildman–Crippen LogP) is 1.82. The second-order valence-corrected chi connectivity index (χ2v) is 4.50. The smallest absolute Gasteiger partial charge is 0.309 e. The molecule has 0 fully saturated rings. The minimum atomic E-state index is -1.09. The third-order valence-corrected chi connectivity index (χ3v) is 2.79. The zero-order chi connectivity index (χ0) is 14.0. The van der Waals surface area contributed by atoms with Gasteiger partial charge in [-0.3, -0.25) is 9.59 Å². The molecule has 1 aromatic carbocycles. The number of carbonyl (C=O) groups is 1. The number of carboxylic acids is 1. The van der Waals surface area contributed by atoms with Crippen molar-refractivity contribution in [2.75, 3.05) is 0 Å². The Morgan fingerprint density at radius 3 is 2.79 bits per heavy atom. The molecule has 0 radical (unpaired) electrons. The summed E-state index contributed by atoms with van der Waals surface area (Å²) in [5.74, 6) is -1.09. The maximum Gasteiger partial charge on any atom is 0.309 e. The van der Waals surface area contributed by atoms with Gasteiger partial charge in [-0.2, -0.15) is 5.10 Å². The van der Waals surface area contributed by atoms with Gasteiger partial charge in [0.25, 0.3) is 0 Å². The zero-order valence-corrected chi connectivity index (χ0v) is 10.9. The van der Waals surface area contributed by atoms with Gasteiger partial charge in [0.05, 0.1) is 12.1 Å². The average molecular weight is 279 g/mol. The lowest BCUT2D eigenvalue weighted by Crippen LogP contribution is -2.21. The van der Waals surface area contributed by atoms with Crippen LogP contribution in [-0.2, 0) is 11.2 Å². The lowest BCUT2D eigenvalue weighted by molar-refractivity contribution is -0.136. The number of aryl methyl sites for hydroxylation is 1. The summed E-state index contributed by atoms with van der Waals surface area (Å²) < 4.78 is 1.51. The van der Waals surface area contributed by atoms with E-state index < -0.39 is 12.4 Å². The number of halogens is 1. The molecule has 19 heavy (non-hydrogen) atoms. The number of hydrogen-bond acceptors (Lipinski definition) is 3. The lowest BCUT2D eigenvalue weighted by atomic mass is 10.2. The van der Waals surface area contributed by atoms with E-state index >= 15 is 0 Å². The molecule has 0 aliphatic rings. The van der Waals surface area contributed by atoms with E-state index in [-0.39, 0.29) is 11.1 Å². The topological polar surface area (TPSA) is 72.2 Å². The lowest BCUT2D eigenvalue weighted by Gasteiger charge is -2.10. The summed E-state index contributed by atoms with van der Waals surface area (Å²) in [4.78, 5) is 22.4. The number of benzene rings is 1. The summed E-state index contributed by atoms with van der Waals surface area (Å²) in [5, 5.41) is 13.4. The summed E-state index contributed by atoms with van der Waals surface area (Å²) in [6, 6.07) is 8.32. The fourth-order valence-corrected chi connectivity index (χ4v) is 1.90. The summed E-state index contributed by atoms with van der Waals surface area (Å²) in [6.45, 7) is 1.72. The fourth-order valence-electron chi connectivity index (χ4n) is 1.72. The van der Waals surface area contributed by atoms with Gasteiger partial charge < -0.3 is 5.11 Å². The van der Waals surface area contributed by atoms with Gasteiger partial charge in [0.15, 0.2) is 0 Å². The molecule has 2 rings (SSSR count). The highest BCUT2D eigenvalue weighted by Crippen LogP contribution is 2.15. The highest BCUT2D eigenvalue weighted by atomic mass is 35.5. The largest absolute Gasteiger partial charge is 0.481 e. The van der Waals surface area contributed by atoms with Crippen molar-refractivity contribution in [3.63, 3.8) is 0 Å². The van der Waals surface area contributed by atoms with Crippen LogP contribution in [-0.4, -0.2) is 20.9 Å². The van der Waals surface area contributed by atoms with Crippen molar-refractivity contribution in [3.8, 4) is 5.69 Å². The van der Waals surface area contributed by atoms with Crippen LogP contribution in [0.3, 0.4) is 0 Å². The molecule has 0 saturated heterocycles. The van der Waals surface area contributed by atoms with Crippen LogP contribution in [0.25, 0.3) is 5.69 Å². The summed E-state index contributed by atoms with van der Waals surface area (Å²) in [7, 11) is 0. The third-order valence-electron chi connectivity index (χ3n) is 2.55. The van der Waals surface area contributed by atoms with Crippen molar-refractivity contribution in [1.29, 1.82) is 0 Å². The van der Waals surface area contributed by atoms with Crippen LogP contribution in [0.15, 0.2) is 35.1 Å². The van der Waals surface area contributed by atoms with Crippen LogP contribution >= 0.6 is 11.6 Å². The monoisotopic (exact) mass is 278 g/mol. The van der Waals surface area contributed by atoms with E-state index in [1.54, 1.807) is 31.2 Å². The Morgan fingerprint density at radius 1 is 1.42 bits per heavy atom. The van der Waals surface area contributed by atoms with Crippen molar-refractivity contribution in [1.82, 2.24) is 9.78 Å². The van der Waals surface area contributed by atoms with Gasteiger partial charge >= 0.3 is 5.97 Å². The highest BCUT2D eigenvalue weighted by Gasteiger charge is 2.11. The molecule has 5 nitrogen and oxygen atoms in total. The van der Waals surface area contributed by atoms with Crippen molar-refractivity contribution in [2.45, 2.75) is 13.3 Å². The van der Waals surface area contributed by atoms with E-state index in [2.05, 4.69) is 5.10 Å². The minimum Gasteiger partial charge on any atom is -0.481 e. The number of carboxylic acid groups (broad SMARTS) is 1. The first-order valence-electron chi connectivity index (χ1n) is 5.55. The first kappa shape index (κ1) is 13.3. The molecule has 2 aromatic rings. The van der Waals surface area contributed by atoms with Crippen molar-refractivity contribution >= 4 is 17.6 Å². The van der Waals surface area contributed by atoms with E-state index in [1.807, 2.05) is 0 Å². The van der Waals surface area contributed by atoms with Crippen LogP contribution in [0.5, 0.6) is 0 Å². The number of hydrogen-bond donors (Lipinski definition) is 1. The SMILES string of the molecule is Cc1cc(=O)c(CC(=O)O)nn1-c1cccc(Cl)c1. The zero-order valence-electron chi connectivity index (χ0n) is 10.1. The maximum atomic E-state index is 11.7. The molecule has 1 heterocycles. The van der Waals surface area contributed by atoms with Crippen LogP contribution in [0.2, 0.25) is 5.02 Å². The fraction of sp³-hybridized carbons (Fsp3) is 0.154. The van der Waals surface area contributed by atoms with Crippen molar-refractivity contribution < 1.29 is 9.90 Å². The Kier molecular flexibility index (Phi) is 3.66. The molecule has 0 atom stereocenters. The average Bonchev–Trinajstić information content (AvgIpc) is 2.32. The van der Waals surface area contributed by atoms with Gasteiger partial charge in [-0.15, -0.1) is 0 Å². The van der Waals surface area contributed by atoms with E-state index in [4.69, 9.17) is 16.7 Å². The Morgan fingerprint density at radius 2 is 2.16 bits per heavy atom. The molecular formula is C13H11ClN2O3. The van der Waals surface area contributed by atoms with Crippen LogP contribution < -0.4 is 5.43 Å². The molecule has 0 bridgehead atoms. The molecule has 1 N–H and O–H groups in total. The number of nitrogens with zero attached hydrogens (tertiary/aromatic N) is 2. The molecule has 0 aliphatic carbocycles. The van der Waals surface area contributed by atoms with E-state index in [1.165, 1.54) is 10.7 Å². The van der Waals surface area contributed by atoms with E-state index in [0.29, 0.717) is 16.4 Å². The van der Waals surface area contributed by atoms with Gasteiger partial charge in [-0.05, 0) is 25.1 Å². The molecular weight excluding hydrogens is 268 g/mol. The number of aliphatic carboxylic acids is 1. The van der Waals surface area contributed by atoms with Gasteiger partial charge in [0.2, 0.25) is 5.43 Å². The minimum absolute atomic E-state index is 0.00178. The summed E-state index contributed by atoms with van der Waals surface area (Å²) >= 11 is 5.91. The quantitative estimate of drug-likeness (QED) is 0.929. The number of rotatable bonds is 3.